The van der Waals surface area contributed by atoms with E-state index in [-0.39, 0.29) is 5.91 Å². The van der Waals surface area contributed by atoms with E-state index in [1.54, 1.807) is 14.0 Å². The lowest BCUT2D eigenvalue weighted by atomic mass is 10.00. The quantitative estimate of drug-likeness (QED) is 0.416. The lowest BCUT2D eigenvalue weighted by Crippen LogP contribution is -2.47. The van der Waals surface area contributed by atoms with Crippen LogP contribution < -0.4 is 4.74 Å². The first-order chi connectivity index (χ1) is 16.9. The number of carbonyl (C=O) groups is 1. The zero-order valence-electron chi connectivity index (χ0n) is 20.9. The summed E-state index contributed by atoms with van der Waals surface area (Å²) in [4.78, 5) is 21.2. The molecule has 0 bridgehead atoms. The minimum Gasteiger partial charge on any atom is -0.497 e. The largest absolute Gasteiger partial charge is 0.497 e. The molecule has 180 valence electrons. The van der Waals surface area contributed by atoms with Crippen LogP contribution in [0.1, 0.15) is 23.7 Å². The number of methoxy groups -OCH3 is 1. The van der Waals surface area contributed by atoms with Gasteiger partial charge >= 0.3 is 0 Å². The number of amides is 1. The third-order valence-electron chi connectivity index (χ3n) is 6.96. The minimum absolute atomic E-state index is 0.148. The number of nitrogens with zero attached hydrogens (tertiary/aromatic N) is 4. The Hall–Kier alpha value is -3.64. The number of imidazole rings is 1. The SMILES string of the molecule is COc1cccc(-c2nc3ccc(-c4cc(C)ccc4C)cn3c2CN2CCN(C(C)=O)CC2)c1. The second kappa shape index (κ2) is 9.55. The predicted octanol–water partition coefficient (Wildman–Crippen LogP) is 4.96. The molecule has 0 N–H and O–H groups in total. The minimum atomic E-state index is 0.148. The van der Waals surface area contributed by atoms with Gasteiger partial charge in [0, 0.05) is 51.4 Å². The summed E-state index contributed by atoms with van der Waals surface area (Å²) in [6.07, 6.45) is 2.22. The number of hydrogen-bond donors (Lipinski definition) is 0. The van der Waals surface area contributed by atoms with Crippen LogP contribution >= 0.6 is 0 Å². The lowest BCUT2D eigenvalue weighted by molar-refractivity contribution is -0.130. The van der Waals surface area contributed by atoms with Crippen LogP contribution in [0.4, 0.5) is 0 Å². The maximum absolute atomic E-state index is 11.8. The second-order valence-electron chi connectivity index (χ2n) is 9.39. The maximum atomic E-state index is 11.8. The molecule has 2 aromatic carbocycles. The Morgan fingerprint density at radius 3 is 2.51 bits per heavy atom. The number of benzene rings is 2. The third-order valence-corrected chi connectivity index (χ3v) is 6.96. The van der Waals surface area contributed by atoms with Crippen molar-refractivity contribution < 1.29 is 9.53 Å². The number of carbonyl (C=O) groups excluding carboxylic acids is 1. The van der Waals surface area contributed by atoms with Crippen LogP contribution in [0.3, 0.4) is 0 Å². The smallest absolute Gasteiger partial charge is 0.219 e. The molecule has 2 aromatic heterocycles. The molecule has 0 saturated carbocycles. The Balaban J connectivity index is 1.60. The van der Waals surface area contributed by atoms with Crippen molar-refractivity contribution >= 4 is 11.6 Å². The molecule has 1 fully saturated rings. The van der Waals surface area contributed by atoms with E-state index in [0.29, 0.717) is 0 Å². The number of rotatable bonds is 5. The highest BCUT2D eigenvalue weighted by atomic mass is 16.5. The van der Waals surface area contributed by atoms with Crippen LogP contribution in [0.2, 0.25) is 0 Å². The van der Waals surface area contributed by atoms with Crippen molar-refractivity contribution in [1.82, 2.24) is 19.2 Å². The number of aromatic nitrogens is 2. The molecule has 0 unspecified atom stereocenters. The van der Waals surface area contributed by atoms with E-state index in [2.05, 4.69) is 65.7 Å². The molecule has 6 nitrogen and oxygen atoms in total. The van der Waals surface area contributed by atoms with E-state index in [0.717, 1.165) is 61.1 Å². The van der Waals surface area contributed by atoms with Crippen LogP contribution in [0, 0.1) is 13.8 Å². The zero-order chi connectivity index (χ0) is 24.5. The van der Waals surface area contributed by atoms with Gasteiger partial charge in [0.05, 0.1) is 18.5 Å². The summed E-state index contributed by atoms with van der Waals surface area (Å²) in [5.41, 5.74) is 9.00. The Kier molecular flexibility index (Phi) is 6.31. The van der Waals surface area contributed by atoms with Crippen molar-refractivity contribution in [2.24, 2.45) is 0 Å². The summed E-state index contributed by atoms with van der Waals surface area (Å²) in [5.74, 6) is 0.964. The van der Waals surface area contributed by atoms with Gasteiger partial charge in [0.1, 0.15) is 11.4 Å². The summed E-state index contributed by atoms with van der Waals surface area (Å²) in [6, 6.07) is 19.0. The molecular weight excluding hydrogens is 436 g/mol. The van der Waals surface area contributed by atoms with E-state index in [1.807, 2.05) is 23.1 Å². The van der Waals surface area contributed by atoms with Crippen molar-refractivity contribution in [2.45, 2.75) is 27.3 Å². The van der Waals surface area contributed by atoms with Crippen LogP contribution in [0.25, 0.3) is 28.0 Å². The molecule has 0 radical (unpaired) electrons. The van der Waals surface area contributed by atoms with Gasteiger partial charge in [-0.05, 0) is 54.8 Å². The Labute approximate surface area is 206 Å². The van der Waals surface area contributed by atoms with Gasteiger partial charge in [-0.1, -0.05) is 35.9 Å². The van der Waals surface area contributed by atoms with Crippen molar-refractivity contribution in [2.75, 3.05) is 33.3 Å². The van der Waals surface area contributed by atoms with E-state index >= 15 is 0 Å². The molecule has 0 aliphatic carbocycles. The van der Waals surface area contributed by atoms with Crippen LogP contribution in [-0.4, -0.2) is 58.4 Å². The molecule has 1 aliphatic heterocycles. The number of piperazine rings is 1. The molecular formula is C29H32N4O2. The first kappa shape index (κ1) is 23.1. The molecule has 1 aliphatic rings. The standard InChI is InChI=1S/C29H32N4O2/c1-20-8-9-21(2)26(16-20)24-10-11-28-30-29(23-6-5-7-25(17-23)35-4)27(33(28)18-24)19-31-12-14-32(15-13-31)22(3)34/h5-11,16-18H,12-15,19H2,1-4H3. The predicted molar refractivity (Wildman–Crippen MR) is 140 cm³/mol. The normalized spacial score (nSPS) is 14.5. The fraction of sp³-hybridized carbons (Fsp3) is 0.310. The van der Waals surface area contributed by atoms with Crippen molar-refractivity contribution in [3.05, 3.63) is 77.6 Å². The topological polar surface area (TPSA) is 50.1 Å². The van der Waals surface area contributed by atoms with Crippen molar-refractivity contribution in [3.8, 4) is 28.1 Å². The van der Waals surface area contributed by atoms with Crippen molar-refractivity contribution in [3.63, 3.8) is 0 Å². The van der Waals surface area contributed by atoms with Crippen LogP contribution in [0.5, 0.6) is 5.75 Å². The maximum Gasteiger partial charge on any atom is 0.219 e. The fourth-order valence-electron chi connectivity index (χ4n) is 4.88. The summed E-state index contributed by atoms with van der Waals surface area (Å²) in [6.45, 7) is 9.91. The van der Waals surface area contributed by atoms with Crippen molar-refractivity contribution in [1.29, 1.82) is 0 Å². The third kappa shape index (κ3) is 4.66. The average molecular weight is 469 g/mol. The van der Waals surface area contributed by atoms with Gasteiger partial charge in [-0.2, -0.15) is 0 Å². The van der Waals surface area contributed by atoms with E-state index in [4.69, 9.17) is 9.72 Å². The molecule has 35 heavy (non-hydrogen) atoms. The molecule has 1 saturated heterocycles. The summed E-state index contributed by atoms with van der Waals surface area (Å²) in [5, 5.41) is 0. The number of ether oxygens (including phenoxy) is 1. The second-order valence-corrected chi connectivity index (χ2v) is 9.39. The van der Waals surface area contributed by atoms with Crippen LogP contribution in [0.15, 0.2) is 60.8 Å². The first-order valence-electron chi connectivity index (χ1n) is 12.1. The Morgan fingerprint density at radius 1 is 0.971 bits per heavy atom. The number of aryl methyl sites for hydroxylation is 2. The highest BCUT2D eigenvalue weighted by molar-refractivity contribution is 5.74. The van der Waals surface area contributed by atoms with Gasteiger partial charge in [0.25, 0.3) is 0 Å². The highest BCUT2D eigenvalue weighted by Gasteiger charge is 2.23. The van der Waals surface area contributed by atoms with Gasteiger partial charge in [-0.25, -0.2) is 4.98 Å². The summed E-state index contributed by atoms with van der Waals surface area (Å²) >= 11 is 0. The molecule has 3 heterocycles. The lowest BCUT2D eigenvalue weighted by Gasteiger charge is -2.34. The monoisotopic (exact) mass is 468 g/mol. The summed E-state index contributed by atoms with van der Waals surface area (Å²) in [7, 11) is 1.69. The van der Waals surface area contributed by atoms with Gasteiger partial charge < -0.3 is 14.0 Å². The molecule has 5 rings (SSSR count). The number of hydrogen-bond acceptors (Lipinski definition) is 4. The Morgan fingerprint density at radius 2 is 1.77 bits per heavy atom. The fourth-order valence-corrected chi connectivity index (χ4v) is 4.88. The van der Waals surface area contributed by atoms with Gasteiger partial charge in [0.2, 0.25) is 5.91 Å². The highest BCUT2D eigenvalue weighted by Crippen LogP contribution is 2.31. The van der Waals surface area contributed by atoms with Crippen LogP contribution in [-0.2, 0) is 11.3 Å². The average Bonchev–Trinajstić information content (AvgIpc) is 3.23. The number of pyridine rings is 1. The molecule has 4 aromatic rings. The first-order valence-corrected chi connectivity index (χ1v) is 12.1. The zero-order valence-corrected chi connectivity index (χ0v) is 20.9. The van der Waals surface area contributed by atoms with E-state index in [1.165, 1.54) is 22.3 Å². The molecule has 6 heteroatoms. The molecule has 0 spiro atoms. The number of fused-ring (bicyclic) bond motifs is 1. The summed E-state index contributed by atoms with van der Waals surface area (Å²) < 4.78 is 7.73. The molecule has 0 atom stereocenters. The van der Waals surface area contributed by atoms with Gasteiger partial charge in [0.15, 0.2) is 0 Å². The Bertz CT molecular complexity index is 1380. The van der Waals surface area contributed by atoms with Gasteiger partial charge in [-0.15, -0.1) is 0 Å². The molecule has 1 amide bonds. The van der Waals surface area contributed by atoms with E-state index < -0.39 is 0 Å². The van der Waals surface area contributed by atoms with E-state index in [9.17, 15) is 4.79 Å². The van der Waals surface area contributed by atoms with Gasteiger partial charge in [-0.3, -0.25) is 9.69 Å².